The van der Waals surface area contributed by atoms with Crippen molar-refractivity contribution in [3.8, 4) is 0 Å². The fourth-order valence-electron chi connectivity index (χ4n) is 2.18. The number of aromatic nitrogens is 2. The molecule has 1 heterocycles. The van der Waals surface area contributed by atoms with Crippen LogP contribution >= 0.6 is 0 Å². The Morgan fingerprint density at radius 3 is 2.62 bits per heavy atom. The monoisotopic (exact) mass is 225 g/mol. The van der Waals surface area contributed by atoms with Gasteiger partial charge >= 0.3 is 11.8 Å². The number of rotatable bonds is 3. The quantitative estimate of drug-likeness (QED) is 0.614. The average Bonchev–Trinajstić information content (AvgIpc) is 2.87. The topological polar surface area (TPSA) is 98.3 Å². The molecule has 1 aromatic rings. The first kappa shape index (κ1) is 10.6. The summed E-state index contributed by atoms with van der Waals surface area (Å²) in [5.41, 5.74) is -1.04. The molecule has 7 heteroatoms. The van der Waals surface area contributed by atoms with Gasteiger partial charge in [-0.1, -0.05) is 12.8 Å². The lowest BCUT2D eigenvalue weighted by atomic mass is 9.98. The van der Waals surface area contributed by atoms with Gasteiger partial charge in [-0.3, -0.25) is 4.57 Å². The normalized spacial score (nSPS) is 18.5. The van der Waals surface area contributed by atoms with E-state index in [4.69, 9.17) is 0 Å². The van der Waals surface area contributed by atoms with E-state index in [1.807, 2.05) is 0 Å². The summed E-state index contributed by atoms with van der Waals surface area (Å²) in [7, 11) is 0. The highest BCUT2D eigenvalue weighted by atomic mass is 16.6. The smallest absolute Gasteiger partial charge is 0.381 e. The second kappa shape index (κ2) is 3.58. The van der Waals surface area contributed by atoms with Crippen LogP contribution in [-0.4, -0.2) is 25.6 Å². The SMILES string of the molecule is O=C(O)C1(n2cnc([N+](=O)[O-])c2)CCCC1. The van der Waals surface area contributed by atoms with Crippen LogP contribution in [-0.2, 0) is 10.3 Å². The summed E-state index contributed by atoms with van der Waals surface area (Å²) in [5.74, 6) is -1.26. The van der Waals surface area contributed by atoms with E-state index in [1.165, 1.54) is 17.1 Å². The molecule has 1 aromatic heterocycles. The van der Waals surface area contributed by atoms with E-state index in [0.717, 1.165) is 12.8 Å². The first-order chi connectivity index (χ1) is 7.56. The summed E-state index contributed by atoms with van der Waals surface area (Å²) in [5, 5.41) is 19.7. The maximum Gasteiger partial charge on any atom is 0.381 e. The van der Waals surface area contributed by atoms with Crippen molar-refractivity contribution in [2.24, 2.45) is 0 Å². The highest BCUT2D eigenvalue weighted by Crippen LogP contribution is 2.37. The van der Waals surface area contributed by atoms with E-state index in [1.54, 1.807) is 0 Å². The summed E-state index contributed by atoms with van der Waals surface area (Å²) in [4.78, 5) is 24.7. The van der Waals surface area contributed by atoms with Crippen molar-refractivity contribution in [1.29, 1.82) is 0 Å². The molecular formula is C9H11N3O4. The van der Waals surface area contributed by atoms with Gasteiger partial charge in [0.1, 0.15) is 11.7 Å². The molecule has 0 bridgehead atoms. The van der Waals surface area contributed by atoms with Crippen molar-refractivity contribution in [3.05, 3.63) is 22.6 Å². The van der Waals surface area contributed by atoms with Crippen LogP contribution < -0.4 is 0 Å². The van der Waals surface area contributed by atoms with Gasteiger partial charge < -0.3 is 15.2 Å². The molecule has 2 rings (SSSR count). The fraction of sp³-hybridized carbons (Fsp3) is 0.556. The molecule has 1 fully saturated rings. The van der Waals surface area contributed by atoms with Gasteiger partial charge in [0.15, 0.2) is 0 Å². The van der Waals surface area contributed by atoms with Crippen molar-refractivity contribution in [1.82, 2.24) is 9.55 Å². The van der Waals surface area contributed by atoms with E-state index in [9.17, 15) is 20.0 Å². The van der Waals surface area contributed by atoms with Crippen LogP contribution in [0.2, 0.25) is 0 Å². The summed E-state index contributed by atoms with van der Waals surface area (Å²) in [6, 6.07) is 0. The van der Waals surface area contributed by atoms with Gasteiger partial charge in [0.25, 0.3) is 0 Å². The number of nitro groups is 1. The minimum absolute atomic E-state index is 0.312. The van der Waals surface area contributed by atoms with Gasteiger partial charge in [-0.05, 0) is 22.7 Å². The first-order valence-electron chi connectivity index (χ1n) is 4.98. The second-order valence-corrected chi connectivity index (χ2v) is 3.94. The Labute approximate surface area is 90.9 Å². The van der Waals surface area contributed by atoms with Crippen LogP contribution in [0, 0.1) is 10.1 Å². The number of aliphatic carboxylic acids is 1. The highest BCUT2D eigenvalue weighted by molar-refractivity contribution is 5.77. The summed E-state index contributed by atoms with van der Waals surface area (Å²) in [6.07, 6.45) is 5.05. The lowest BCUT2D eigenvalue weighted by Gasteiger charge is -2.23. The van der Waals surface area contributed by atoms with Crippen molar-refractivity contribution >= 4 is 11.8 Å². The van der Waals surface area contributed by atoms with Crippen molar-refractivity contribution in [3.63, 3.8) is 0 Å². The van der Waals surface area contributed by atoms with Crippen LogP contribution in [0.25, 0.3) is 0 Å². The molecule has 0 unspecified atom stereocenters. The lowest BCUT2D eigenvalue weighted by molar-refractivity contribution is -0.389. The van der Waals surface area contributed by atoms with Gasteiger partial charge in [0.2, 0.25) is 6.33 Å². The molecule has 0 saturated heterocycles. The number of carbonyl (C=O) groups is 1. The van der Waals surface area contributed by atoms with Crippen molar-refractivity contribution in [2.45, 2.75) is 31.2 Å². The van der Waals surface area contributed by atoms with Gasteiger partial charge in [-0.15, -0.1) is 0 Å². The maximum atomic E-state index is 11.3. The zero-order valence-corrected chi connectivity index (χ0v) is 8.50. The van der Waals surface area contributed by atoms with Crippen molar-refractivity contribution < 1.29 is 14.8 Å². The fourth-order valence-corrected chi connectivity index (χ4v) is 2.18. The van der Waals surface area contributed by atoms with E-state index < -0.39 is 16.4 Å². The maximum absolute atomic E-state index is 11.3. The third-order valence-electron chi connectivity index (χ3n) is 3.08. The molecule has 0 radical (unpaired) electrons. The molecule has 86 valence electrons. The number of imidazole rings is 1. The predicted octanol–water partition coefficient (Wildman–Crippen LogP) is 1.15. The highest BCUT2D eigenvalue weighted by Gasteiger charge is 2.44. The van der Waals surface area contributed by atoms with E-state index in [0.29, 0.717) is 12.8 Å². The molecule has 0 amide bonds. The van der Waals surface area contributed by atoms with E-state index >= 15 is 0 Å². The largest absolute Gasteiger partial charge is 0.479 e. The molecule has 1 N–H and O–H groups in total. The van der Waals surface area contributed by atoms with Gasteiger partial charge in [0, 0.05) is 0 Å². The molecule has 1 aliphatic carbocycles. The summed E-state index contributed by atoms with van der Waals surface area (Å²) < 4.78 is 1.36. The van der Waals surface area contributed by atoms with Crippen LogP contribution in [0.15, 0.2) is 12.5 Å². The van der Waals surface area contributed by atoms with Crippen LogP contribution in [0.4, 0.5) is 5.82 Å². The Morgan fingerprint density at radius 1 is 1.56 bits per heavy atom. The molecule has 1 saturated carbocycles. The number of nitrogens with zero attached hydrogens (tertiary/aromatic N) is 3. The van der Waals surface area contributed by atoms with E-state index in [-0.39, 0.29) is 5.82 Å². The average molecular weight is 225 g/mol. The van der Waals surface area contributed by atoms with Crippen LogP contribution in [0.5, 0.6) is 0 Å². The van der Waals surface area contributed by atoms with Crippen LogP contribution in [0.1, 0.15) is 25.7 Å². The summed E-state index contributed by atoms with van der Waals surface area (Å²) in [6.45, 7) is 0. The zero-order chi connectivity index (χ0) is 11.8. The van der Waals surface area contributed by atoms with Gasteiger partial charge in [-0.2, -0.15) is 0 Å². The number of hydrogen-bond acceptors (Lipinski definition) is 4. The molecule has 0 aliphatic heterocycles. The number of carboxylic acid groups (broad SMARTS) is 1. The molecule has 0 atom stereocenters. The molecular weight excluding hydrogens is 214 g/mol. The molecule has 1 aliphatic rings. The Bertz CT molecular complexity index is 434. The predicted molar refractivity (Wildman–Crippen MR) is 53.0 cm³/mol. The van der Waals surface area contributed by atoms with E-state index in [2.05, 4.69) is 4.98 Å². The lowest BCUT2D eigenvalue weighted by Crippen LogP contribution is -2.38. The zero-order valence-electron chi connectivity index (χ0n) is 8.50. The summed E-state index contributed by atoms with van der Waals surface area (Å²) >= 11 is 0. The van der Waals surface area contributed by atoms with Gasteiger partial charge in [-0.25, -0.2) is 4.79 Å². The Hall–Kier alpha value is -1.92. The number of carboxylic acids is 1. The third kappa shape index (κ3) is 1.44. The standard InChI is InChI=1S/C9H11N3O4/c13-8(14)9(3-1-2-4-9)11-5-7(10-6-11)12(15)16/h5-6H,1-4H2,(H,13,14). The number of hydrogen-bond donors (Lipinski definition) is 1. The molecule has 0 aromatic carbocycles. The first-order valence-corrected chi connectivity index (χ1v) is 4.98. The Morgan fingerprint density at radius 2 is 2.19 bits per heavy atom. The third-order valence-corrected chi connectivity index (χ3v) is 3.08. The molecule has 0 spiro atoms. The minimum Gasteiger partial charge on any atom is -0.479 e. The van der Waals surface area contributed by atoms with Crippen LogP contribution in [0.3, 0.4) is 0 Å². The Kier molecular flexibility index (Phi) is 2.37. The molecule has 16 heavy (non-hydrogen) atoms. The molecule has 7 nitrogen and oxygen atoms in total. The van der Waals surface area contributed by atoms with Crippen molar-refractivity contribution in [2.75, 3.05) is 0 Å². The van der Waals surface area contributed by atoms with Gasteiger partial charge in [0.05, 0.1) is 0 Å². The minimum atomic E-state index is -1.04. The second-order valence-electron chi connectivity index (χ2n) is 3.94. The Balaban J connectivity index is 2.40.